The highest BCUT2D eigenvalue weighted by molar-refractivity contribution is 6.02. The van der Waals surface area contributed by atoms with Gasteiger partial charge in [-0.25, -0.2) is 9.36 Å². The van der Waals surface area contributed by atoms with E-state index in [1.807, 2.05) is 0 Å². The highest BCUT2D eigenvalue weighted by Gasteiger charge is 2.24. The molecule has 0 radical (unpaired) electrons. The number of nitrogens with zero attached hydrogens (tertiary/aromatic N) is 3. The van der Waals surface area contributed by atoms with Crippen LogP contribution in [0.15, 0.2) is 51.8 Å². The molecule has 10 heteroatoms. The van der Waals surface area contributed by atoms with Crippen molar-refractivity contribution in [1.29, 1.82) is 0 Å². The zero-order valence-electron chi connectivity index (χ0n) is 17.7. The minimum Gasteiger partial charge on any atom is -0.493 e. The third-order valence-electron chi connectivity index (χ3n) is 5.17. The van der Waals surface area contributed by atoms with Gasteiger partial charge in [0.05, 0.1) is 25.6 Å². The second-order valence-electron chi connectivity index (χ2n) is 7.14. The summed E-state index contributed by atoms with van der Waals surface area (Å²) >= 11 is 0. The molecule has 1 N–H and O–H groups in total. The summed E-state index contributed by atoms with van der Waals surface area (Å²) in [4.78, 5) is 38.8. The van der Waals surface area contributed by atoms with Crippen molar-refractivity contribution >= 4 is 23.2 Å². The van der Waals surface area contributed by atoms with Crippen LogP contribution in [0.5, 0.6) is 11.5 Å². The molecule has 0 unspecified atom stereocenters. The Morgan fingerprint density at radius 2 is 1.91 bits per heavy atom. The van der Waals surface area contributed by atoms with E-state index in [1.54, 1.807) is 47.4 Å². The van der Waals surface area contributed by atoms with Crippen LogP contribution >= 0.6 is 0 Å². The van der Waals surface area contributed by atoms with Gasteiger partial charge in [0.25, 0.3) is 0 Å². The molecule has 32 heavy (non-hydrogen) atoms. The zero-order chi connectivity index (χ0) is 22.7. The van der Waals surface area contributed by atoms with Crippen LogP contribution in [0.25, 0.3) is 11.4 Å². The van der Waals surface area contributed by atoms with Crippen LogP contribution in [-0.2, 0) is 16.1 Å². The third kappa shape index (κ3) is 4.07. The standard InChI is InChI=1S/C22H22N4O6/c1-30-17-10-9-14(12-18(17)31-2)21-24-32-22(29)26(21)13-19(27)23-15-6-3-4-7-16(15)25-11-5-8-20(25)28/h3-4,6-7,9-10,12H,5,8,11,13H2,1-2H3,(H,23,27). The van der Waals surface area contributed by atoms with E-state index in [1.165, 1.54) is 14.2 Å². The molecule has 166 valence electrons. The molecule has 10 nitrogen and oxygen atoms in total. The Morgan fingerprint density at radius 1 is 1.12 bits per heavy atom. The van der Waals surface area contributed by atoms with Crippen molar-refractivity contribution in [3.05, 3.63) is 53.0 Å². The van der Waals surface area contributed by atoms with E-state index in [9.17, 15) is 14.4 Å². The van der Waals surface area contributed by atoms with Gasteiger partial charge in [-0.2, -0.15) is 0 Å². The fourth-order valence-electron chi connectivity index (χ4n) is 3.64. The van der Waals surface area contributed by atoms with Crippen LogP contribution in [0.1, 0.15) is 12.8 Å². The topological polar surface area (TPSA) is 116 Å². The first-order valence-corrected chi connectivity index (χ1v) is 10.00. The van der Waals surface area contributed by atoms with Crippen molar-refractivity contribution in [2.24, 2.45) is 0 Å². The Hall–Kier alpha value is -4.08. The first kappa shape index (κ1) is 21.2. The largest absolute Gasteiger partial charge is 0.493 e. The van der Waals surface area contributed by atoms with Crippen molar-refractivity contribution in [1.82, 2.24) is 9.72 Å². The van der Waals surface area contributed by atoms with Crippen molar-refractivity contribution in [2.45, 2.75) is 19.4 Å². The summed E-state index contributed by atoms with van der Waals surface area (Å²) in [6.07, 6.45) is 1.25. The van der Waals surface area contributed by atoms with Gasteiger partial charge in [0.1, 0.15) is 6.54 Å². The SMILES string of the molecule is COc1ccc(-c2noc(=O)n2CC(=O)Nc2ccccc2N2CCCC2=O)cc1OC. The summed E-state index contributed by atoms with van der Waals surface area (Å²) in [6, 6.07) is 12.0. The van der Waals surface area contributed by atoms with Crippen molar-refractivity contribution in [3.8, 4) is 22.9 Å². The minimum atomic E-state index is -0.770. The Bertz CT molecular complexity index is 1220. The van der Waals surface area contributed by atoms with E-state index in [0.717, 1.165) is 11.0 Å². The fraction of sp³-hybridized carbons (Fsp3) is 0.273. The minimum absolute atomic E-state index is 0.0118. The lowest BCUT2D eigenvalue weighted by Crippen LogP contribution is -2.28. The summed E-state index contributed by atoms with van der Waals surface area (Å²) in [5.74, 6) is -0.0871. The number of ether oxygens (including phenoxy) is 2. The Labute approximate surface area is 183 Å². The summed E-state index contributed by atoms with van der Waals surface area (Å²) in [6.45, 7) is 0.272. The van der Waals surface area contributed by atoms with Gasteiger partial charge in [0, 0.05) is 18.5 Å². The number of hydrogen-bond acceptors (Lipinski definition) is 7. The predicted molar refractivity (Wildman–Crippen MR) is 116 cm³/mol. The van der Waals surface area contributed by atoms with Gasteiger partial charge in [-0.3, -0.25) is 14.1 Å². The number of para-hydroxylation sites is 2. The van der Waals surface area contributed by atoms with E-state index in [-0.39, 0.29) is 18.3 Å². The van der Waals surface area contributed by atoms with Crippen LogP contribution in [0.4, 0.5) is 11.4 Å². The molecule has 2 heterocycles. The van der Waals surface area contributed by atoms with Gasteiger partial charge >= 0.3 is 5.76 Å². The number of rotatable bonds is 7. The quantitative estimate of drug-likeness (QED) is 0.602. The first-order valence-electron chi connectivity index (χ1n) is 10.00. The smallest absolute Gasteiger partial charge is 0.442 e. The van der Waals surface area contributed by atoms with Crippen molar-refractivity contribution < 1.29 is 23.6 Å². The maximum Gasteiger partial charge on any atom is 0.442 e. The van der Waals surface area contributed by atoms with Gasteiger partial charge < -0.3 is 19.7 Å². The molecule has 0 spiro atoms. The lowest BCUT2D eigenvalue weighted by atomic mass is 10.2. The second kappa shape index (κ2) is 8.96. The second-order valence-corrected chi connectivity index (χ2v) is 7.14. The normalized spacial score (nSPS) is 13.3. The van der Waals surface area contributed by atoms with Gasteiger partial charge in [-0.1, -0.05) is 17.3 Å². The van der Waals surface area contributed by atoms with Gasteiger partial charge in [-0.15, -0.1) is 0 Å². The molecule has 3 aromatic rings. The molecule has 2 amide bonds. The molecule has 1 aromatic heterocycles. The molecule has 0 aliphatic carbocycles. The molecular formula is C22H22N4O6. The van der Waals surface area contributed by atoms with E-state index in [0.29, 0.717) is 41.4 Å². The zero-order valence-corrected chi connectivity index (χ0v) is 17.7. The van der Waals surface area contributed by atoms with Crippen LogP contribution in [0.2, 0.25) is 0 Å². The molecule has 1 saturated heterocycles. The molecule has 2 aromatic carbocycles. The summed E-state index contributed by atoms with van der Waals surface area (Å²) in [5, 5.41) is 6.60. The maximum atomic E-state index is 12.8. The van der Waals surface area contributed by atoms with Crippen molar-refractivity contribution in [3.63, 3.8) is 0 Å². The lowest BCUT2D eigenvalue weighted by molar-refractivity contribution is -0.117. The number of aromatic nitrogens is 2. The van der Waals surface area contributed by atoms with Gasteiger partial charge in [-0.05, 0) is 36.8 Å². The summed E-state index contributed by atoms with van der Waals surface area (Å²) < 4.78 is 16.4. The van der Waals surface area contributed by atoms with Crippen LogP contribution in [-0.4, -0.2) is 42.3 Å². The predicted octanol–water partition coefficient (Wildman–Crippen LogP) is 2.29. The molecule has 0 bridgehead atoms. The number of carbonyl (C=O) groups is 2. The lowest BCUT2D eigenvalue weighted by Gasteiger charge is -2.20. The van der Waals surface area contributed by atoms with E-state index < -0.39 is 11.7 Å². The third-order valence-corrected chi connectivity index (χ3v) is 5.17. The highest BCUT2D eigenvalue weighted by Crippen LogP contribution is 2.32. The number of benzene rings is 2. The average Bonchev–Trinajstić information content (AvgIpc) is 3.39. The first-order chi connectivity index (χ1) is 15.5. The van der Waals surface area contributed by atoms with E-state index in [2.05, 4.69) is 10.5 Å². The summed E-state index contributed by atoms with van der Waals surface area (Å²) in [5.41, 5.74) is 1.63. The average molecular weight is 438 g/mol. The number of methoxy groups -OCH3 is 2. The number of nitrogens with one attached hydrogen (secondary N) is 1. The number of anilines is 2. The Morgan fingerprint density at radius 3 is 2.62 bits per heavy atom. The summed E-state index contributed by atoms with van der Waals surface area (Å²) in [7, 11) is 3.01. The Balaban J connectivity index is 1.58. The van der Waals surface area contributed by atoms with Gasteiger partial charge in [0.15, 0.2) is 17.3 Å². The Kier molecular flexibility index (Phi) is 5.93. The number of amides is 2. The molecular weight excluding hydrogens is 416 g/mol. The number of hydrogen-bond donors (Lipinski definition) is 1. The van der Waals surface area contributed by atoms with E-state index in [4.69, 9.17) is 14.0 Å². The molecule has 4 rings (SSSR count). The van der Waals surface area contributed by atoms with Crippen LogP contribution < -0.4 is 25.4 Å². The molecule has 0 atom stereocenters. The fourth-order valence-corrected chi connectivity index (χ4v) is 3.64. The highest BCUT2D eigenvalue weighted by atomic mass is 16.5. The molecule has 1 aliphatic heterocycles. The van der Waals surface area contributed by atoms with Crippen molar-refractivity contribution in [2.75, 3.05) is 31.0 Å². The molecule has 1 fully saturated rings. The van der Waals surface area contributed by atoms with Gasteiger partial charge in [0.2, 0.25) is 11.8 Å². The maximum absolute atomic E-state index is 12.8. The monoisotopic (exact) mass is 438 g/mol. The molecule has 0 saturated carbocycles. The van der Waals surface area contributed by atoms with Crippen LogP contribution in [0.3, 0.4) is 0 Å². The van der Waals surface area contributed by atoms with E-state index >= 15 is 0 Å². The molecule has 1 aliphatic rings. The van der Waals surface area contributed by atoms with Crippen LogP contribution in [0, 0.1) is 0 Å². The number of carbonyl (C=O) groups excluding carboxylic acids is 2.